The van der Waals surface area contributed by atoms with Crippen LogP contribution in [0.4, 0.5) is 5.69 Å². The molecule has 2 N–H and O–H groups in total. The van der Waals surface area contributed by atoms with Gasteiger partial charge < -0.3 is 15.2 Å². The molecule has 0 heterocycles. The molecule has 5 heteroatoms. The zero-order valence-corrected chi connectivity index (χ0v) is 11.4. The summed E-state index contributed by atoms with van der Waals surface area (Å²) in [6.45, 7) is 4.06. The largest absolute Gasteiger partial charge is 0.497 e. The van der Waals surface area contributed by atoms with Gasteiger partial charge in [-0.1, -0.05) is 13.8 Å². The van der Waals surface area contributed by atoms with Crippen molar-refractivity contribution >= 4 is 17.6 Å². The molecule has 1 aromatic carbocycles. The van der Waals surface area contributed by atoms with Crippen LogP contribution in [0.1, 0.15) is 37.0 Å². The maximum Gasteiger partial charge on any atom is 0.337 e. The Bertz CT molecular complexity index is 469. The average molecular weight is 265 g/mol. The zero-order valence-electron chi connectivity index (χ0n) is 11.4. The predicted molar refractivity (Wildman–Crippen MR) is 72.7 cm³/mol. The lowest BCUT2D eigenvalue weighted by atomic mass is 10.1. The molecule has 1 aromatic rings. The van der Waals surface area contributed by atoms with E-state index in [0.29, 0.717) is 23.8 Å². The summed E-state index contributed by atoms with van der Waals surface area (Å²) in [5.74, 6) is -0.405. The molecule has 0 aliphatic carbocycles. The summed E-state index contributed by atoms with van der Waals surface area (Å²) in [5, 5.41) is 11.7. The number of ether oxygens (including phenoxy) is 1. The van der Waals surface area contributed by atoms with Gasteiger partial charge in [0.05, 0.1) is 18.4 Å². The van der Waals surface area contributed by atoms with E-state index in [-0.39, 0.29) is 11.5 Å². The normalized spacial score (nSPS) is 10.3. The minimum Gasteiger partial charge on any atom is -0.497 e. The summed E-state index contributed by atoms with van der Waals surface area (Å²) >= 11 is 0. The Morgan fingerprint density at radius 1 is 1.37 bits per heavy atom. The van der Waals surface area contributed by atoms with Gasteiger partial charge in [-0.25, -0.2) is 4.79 Å². The van der Waals surface area contributed by atoms with E-state index in [2.05, 4.69) is 5.32 Å². The fourth-order valence-electron chi connectivity index (χ4n) is 1.57. The summed E-state index contributed by atoms with van der Waals surface area (Å²) in [6.07, 6.45) is 1.15. The number of nitrogens with one attached hydrogen (secondary N) is 1. The lowest BCUT2D eigenvalue weighted by Gasteiger charge is -2.10. The van der Waals surface area contributed by atoms with Gasteiger partial charge in [0.25, 0.3) is 0 Å². The first-order valence-corrected chi connectivity index (χ1v) is 6.15. The quantitative estimate of drug-likeness (QED) is 0.829. The van der Waals surface area contributed by atoms with Gasteiger partial charge in [0.1, 0.15) is 5.75 Å². The zero-order chi connectivity index (χ0) is 14.4. The predicted octanol–water partition coefficient (Wildman–Crippen LogP) is 2.77. The molecule has 0 aliphatic heterocycles. The molecule has 0 aliphatic rings. The number of rotatable bonds is 6. The number of carbonyl (C=O) groups excluding carboxylic acids is 1. The van der Waals surface area contributed by atoms with E-state index in [1.807, 2.05) is 13.8 Å². The van der Waals surface area contributed by atoms with Crippen LogP contribution in [0.25, 0.3) is 0 Å². The highest BCUT2D eigenvalue weighted by Crippen LogP contribution is 2.22. The number of anilines is 1. The Hall–Kier alpha value is -2.04. The highest BCUT2D eigenvalue weighted by molar-refractivity contribution is 6.00. The molecule has 0 aromatic heterocycles. The summed E-state index contributed by atoms with van der Waals surface area (Å²) in [7, 11) is 1.46. The Labute approximate surface area is 112 Å². The molecular weight excluding hydrogens is 246 g/mol. The number of benzene rings is 1. The second-order valence-electron chi connectivity index (χ2n) is 4.70. The van der Waals surface area contributed by atoms with Crippen molar-refractivity contribution in [1.29, 1.82) is 0 Å². The second-order valence-corrected chi connectivity index (χ2v) is 4.70. The molecule has 1 rings (SSSR count). The molecule has 0 unspecified atom stereocenters. The third kappa shape index (κ3) is 4.62. The van der Waals surface area contributed by atoms with Crippen LogP contribution in [0.3, 0.4) is 0 Å². The van der Waals surface area contributed by atoms with Crippen molar-refractivity contribution in [3.63, 3.8) is 0 Å². The fraction of sp³-hybridized carbons (Fsp3) is 0.429. The van der Waals surface area contributed by atoms with E-state index >= 15 is 0 Å². The number of amides is 1. The first kappa shape index (κ1) is 15.0. The van der Waals surface area contributed by atoms with Crippen LogP contribution in [-0.4, -0.2) is 24.1 Å². The van der Waals surface area contributed by atoms with Gasteiger partial charge in [-0.2, -0.15) is 0 Å². The molecule has 1 amide bonds. The van der Waals surface area contributed by atoms with Gasteiger partial charge in [0, 0.05) is 6.42 Å². The Kier molecular flexibility index (Phi) is 5.36. The summed E-state index contributed by atoms with van der Waals surface area (Å²) < 4.78 is 4.97. The van der Waals surface area contributed by atoms with E-state index in [1.165, 1.54) is 19.2 Å². The van der Waals surface area contributed by atoms with Crippen LogP contribution in [0.15, 0.2) is 18.2 Å². The van der Waals surface area contributed by atoms with Crippen LogP contribution in [0, 0.1) is 5.92 Å². The molecule has 0 atom stereocenters. The molecule has 0 saturated heterocycles. The van der Waals surface area contributed by atoms with Gasteiger partial charge >= 0.3 is 5.97 Å². The summed E-state index contributed by atoms with van der Waals surface area (Å²) in [5.41, 5.74) is 0.319. The Morgan fingerprint density at radius 3 is 2.58 bits per heavy atom. The standard InChI is InChI=1S/C14H19NO4/c1-9(2)4-7-13(16)15-12-6-5-10(19-3)8-11(12)14(17)18/h5-6,8-9H,4,7H2,1-3H3,(H,15,16)(H,17,18). The van der Waals surface area contributed by atoms with Crippen molar-refractivity contribution in [3.05, 3.63) is 23.8 Å². The van der Waals surface area contributed by atoms with Crippen LogP contribution < -0.4 is 10.1 Å². The van der Waals surface area contributed by atoms with E-state index in [9.17, 15) is 9.59 Å². The average Bonchev–Trinajstić information content (AvgIpc) is 2.36. The minimum absolute atomic E-state index is 0.0252. The first-order valence-electron chi connectivity index (χ1n) is 6.15. The van der Waals surface area contributed by atoms with Crippen molar-refractivity contribution in [1.82, 2.24) is 0 Å². The van der Waals surface area contributed by atoms with Crippen molar-refractivity contribution in [2.24, 2.45) is 5.92 Å². The Morgan fingerprint density at radius 2 is 2.05 bits per heavy atom. The number of carboxylic acid groups (broad SMARTS) is 1. The summed E-state index contributed by atoms with van der Waals surface area (Å²) in [6, 6.07) is 4.54. The number of methoxy groups -OCH3 is 1. The molecule has 19 heavy (non-hydrogen) atoms. The van der Waals surface area contributed by atoms with Crippen LogP contribution in [-0.2, 0) is 4.79 Å². The van der Waals surface area contributed by atoms with Crippen LogP contribution in [0.5, 0.6) is 5.75 Å². The van der Waals surface area contributed by atoms with Gasteiger partial charge in [0.2, 0.25) is 5.91 Å². The maximum absolute atomic E-state index is 11.7. The van der Waals surface area contributed by atoms with E-state index in [4.69, 9.17) is 9.84 Å². The summed E-state index contributed by atoms with van der Waals surface area (Å²) in [4.78, 5) is 22.8. The molecule has 5 nitrogen and oxygen atoms in total. The van der Waals surface area contributed by atoms with Crippen LogP contribution >= 0.6 is 0 Å². The van der Waals surface area contributed by atoms with Crippen molar-refractivity contribution in [2.45, 2.75) is 26.7 Å². The van der Waals surface area contributed by atoms with Gasteiger partial charge in [-0.3, -0.25) is 4.79 Å². The number of carboxylic acids is 1. The molecule has 0 fully saturated rings. The van der Waals surface area contributed by atoms with Gasteiger partial charge in [-0.05, 0) is 30.5 Å². The third-order valence-corrected chi connectivity index (χ3v) is 2.68. The monoisotopic (exact) mass is 265 g/mol. The molecule has 104 valence electrons. The fourth-order valence-corrected chi connectivity index (χ4v) is 1.57. The highest BCUT2D eigenvalue weighted by Gasteiger charge is 2.14. The van der Waals surface area contributed by atoms with Crippen molar-refractivity contribution in [3.8, 4) is 5.75 Å². The molecule has 0 bridgehead atoms. The minimum atomic E-state index is -1.10. The molecule has 0 radical (unpaired) electrons. The van der Waals surface area contributed by atoms with Crippen molar-refractivity contribution in [2.75, 3.05) is 12.4 Å². The molecule has 0 saturated carbocycles. The second kappa shape index (κ2) is 6.78. The number of carbonyl (C=O) groups is 2. The maximum atomic E-state index is 11.7. The Balaban J connectivity index is 2.82. The third-order valence-electron chi connectivity index (χ3n) is 2.68. The molecular formula is C14H19NO4. The SMILES string of the molecule is COc1ccc(NC(=O)CCC(C)C)c(C(=O)O)c1. The first-order chi connectivity index (χ1) is 8.93. The van der Waals surface area contributed by atoms with E-state index in [0.717, 1.165) is 6.42 Å². The topological polar surface area (TPSA) is 75.6 Å². The van der Waals surface area contributed by atoms with Gasteiger partial charge in [-0.15, -0.1) is 0 Å². The van der Waals surface area contributed by atoms with Gasteiger partial charge in [0.15, 0.2) is 0 Å². The molecule has 0 spiro atoms. The number of hydrogen-bond acceptors (Lipinski definition) is 3. The van der Waals surface area contributed by atoms with Crippen molar-refractivity contribution < 1.29 is 19.4 Å². The highest BCUT2D eigenvalue weighted by atomic mass is 16.5. The lowest BCUT2D eigenvalue weighted by Crippen LogP contribution is -2.15. The van der Waals surface area contributed by atoms with E-state index < -0.39 is 5.97 Å². The number of aromatic carboxylic acids is 1. The number of hydrogen-bond donors (Lipinski definition) is 2. The van der Waals surface area contributed by atoms with Crippen LogP contribution in [0.2, 0.25) is 0 Å². The van der Waals surface area contributed by atoms with E-state index in [1.54, 1.807) is 6.07 Å². The smallest absolute Gasteiger partial charge is 0.337 e. The lowest BCUT2D eigenvalue weighted by molar-refractivity contribution is -0.116.